The van der Waals surface area contributed by atoms with E-state index in [1.807, 2.05) is 0 Å². The molecule has 2 aliphatic heterocycles. The van der Waals surface area contributed by atoms with Crippen LogP contribution in [-0.4, -0.2) is 50.6 Å². The number of fused-ring (bicyclic) bond motifs is 2. The topological polar surface area (TPSA) is 161 Å². The van der Waals surface area contributed by atoms with Gasteiger partial charge in [0, 0.05) is 10.0 Å². The minimum Gasteiger partial charge on any atom is -0.272 e. The van der Waals surface area contributed by atoms with Gasteiger partial charge >= 0.3 is 20.2 Å². The molecule has 200 valence electrons. The number of hydroxylamine groups is 4. The summed E-state index contributed by atoms with van der Waals surface area (Å²) in [5.41, 5.74) is 0. The number of rotatable bonds is 6. The molecule has 38 heavy (non-hydrogen) atoms. The van der Waals surface area contributed by atoms with Crippen molar-refractivity contribution in [2.24, 2.45) is 23.7 Å². The number of hydrogen-bond donors (Lipinski definition) is 0. The molecule has 2 aromatic rings. The predicted molar refractivity (Wildman–Crippen MR) is 126 cm³/mol. The number of imide groups is 2. The van der Waals surface area contributed by atoms with Crippen molar-refractivity contribution in [1.29, 1.82) is 0 Å². The quantitative estimate of drug-likeness (QED) is 0.446. The van der Waals surface area contributed by atoms with Crippen molar-refractivity contribution in [2.75, 3.05) is 0 Å². The number of carbonyl (C=O) groups is 4. The highest BCUT2D eigenvalue weighted by atomic mass is 35.5. The first-order valence-electron chi connectivity index (χ1n) is 11.0. The van der Waals surface area contributed by atoms with Crippen molar-refractivity contribution in [2.45, 2.75) is 22.6 Å². The van der Waals surface area contributed by atoms with Crippen molar-refractivity contribution < 1.29 is 44.6 Å². The minimum absolute atomic E-state index is 0.133. The first-order chi connectivity index (χ1) is 17.8. The molecule has 2 heterocycles. The third-order valence-electron chi connectivity index (χ3n) is 6.61. The summed E-state index contributed by atoms with van der Waals surface area (Å²) < 4.78 is 60.1. The summed E-state index contributed by atoms with van der Waals surface area (Å²) in [6, 6.07) is 9.65. The second kappa shape index (κ2) is 9.39. The van der Waals surface area contributed by atoms with E-state index < -0.39 is 67.5 Å². The Hall–Kier alpha value is -2.88. The van der Waals surface area contributed by atoms with Crippen molar-refractivity contribution in [3.63, 3.8) is 0 Å². The Labute approximate surface area is 226 Å². The zero-order chi connectivity index (χ0) is 27.6. The third-order valence-corrected chi connectivity index (χ3v) is 9.50. The lowest BCUT2D eigenvalue weighted by atomic mass is 9.70. The summed E-state index contributed by atoms with van der Waals surface area (Å²) in [7, 11) is -9.16. The largest absolute Gasteiger partial charge is 0.318 e. The van der Waals surface area contributed by atoms with Gasteiger partial charge in [0.15, 0.2) is 0 Å². The van der Waals surface area contributed by atoms with Crippen molar-refractivity contribution in [1.82, 2.24) is 10.1 Å². The molecule has 3 aliphatic rings. The second-order valence-electron chi connectivity index (χ2n) is 8.80. The molecule has 16 heteroatoms. The van der Waals surface area contributed by atoms with Gasteiger partial charge in [-0.25, -0.2) is 0 Å². The van der Waals surface area contributed by atoms with Gasteiger partial charge in [-0.3, -0.25) is 19.2 Å². The van der Waals surface area contributed by atoms with Crippen LogP contribution in [0.2, 0.25) is 10.0 Å². The van der Waals surface area contributed by atoms with Gasteiger partial charge in [-0.15, -0.1) is 18.7 Å². The van der Waals surface area contributed by atoms with Crippen LogP contribution in [0.5, 0.6) is 0 Å². The number of benzene rings is 2. The first kappa shape index (κ1) is 26.7. The maximum Gasteiger partial charge on any atom is 0.318 e. The molecule has 0 bridgehead atoms. The van der Waals surface area contributed by atoms with Crippen molar-refractivity contribution in [3.05, 3.63) is 58.6 Å². The summed E-state index contributed by atoms with van der Waals surface area (Å²) >= 11 is 11.5. The predicted octanol–water partition coefficient (Wildman–Crippen LogP) is 1.93. The molecule has 5 rings (SSSR count). The fourth-order valence-electron chi connectivity index (χ4n) is 4.75. The molecule has 4 atom stereocenters. The average molecular weight is 603 g/mol. The van der Waals surface area contributed by atoms with Crippen LogP contribution in [0.3, 0.4) is 0 Å². The molecule has 1 saturated carbocycles. The zero-order valence-electron chi connectivity index (χ0n) is 18.9. The second-order valence-corrected chi connectivity index (χ2v) is 12.7. The lowest BCUT2D eigenvalue weighted by Gasteiger charge is -2.27. The molecule has 0 aromatic heterocycles. The summed E-state index contributed by atoms with van der Waals surface area (Å²) in [5, 5.41) is 0.773. The molecule has 2 aromatic carbocycles. The number of carbonyl (C=O) groups excluding carboxylic acids is 4. The molecule has 4 unspecified atom stereocenters. The molecule has 2 saturated heterocycles. The first-order valence-corrected chi connectivity index (χ1v) is 14.5. The summed E-state index contributed by atoms with van der Waals surface area (Å²) in [5.74, 6) is -8.62. The highest BCUT2D eigenvalue weighted by Gasteiger charge is 2.61. The number of hydrogen-bond acceptors (Lipinski definition) is 10. The van der Waals surface area contributed by atoms with E-state index in [1.54, 1.807) is 0 Å². The van der Waals surface area contributed by atoms with Crippen LogP contribution >= 0.6 is 23.2 Å². The van der Waals surface area contributed by atoms with Crippen LogP contribution in [-0.2, 0) is 48.0 Å². The van der Waals surface area contributed by atoms with E-state index in [9.17, 15) is 36.0 Å². The minimum atomic E-state index is -4.58. The smallest absolute Gasteiger partial charge is 0.272 e. The van der Waals surface area contributed by atoms with E-state index in [1.165, 1.54) is 24.3 Å². The lowest BCUT2D eigenvalue weighted by Crippen LogP contribution is -2.35. The summed E-state index contributed by atoms with van der Waals surface area (Å²) in [6.07, 6.45) is -0.627. The van der Waals surface area contributed by atoms with Crippen LogP contribution < -0.4 is 0 Å². The van der Waals surface area contributed by atoms with Gasteiger partial charge in [-0.1, -0.05) is 23.2 Å². The summed E-state index contributed by atoms with van der Waals surface area (Å²) in [4.78, 5) is 51.1. The lowest BCUT2D eigenvalue weighted by molar-refractivity contribution is -0.166. The molecule has 12 nitrogen and oxygen atoms in total. The molecular formula is C22H16Cl2N2O10S2. The molecule has 0 spiro atoms. The van der Waals surface area contributed by atoms with Crippen molar-refractivity contribution in [3.8, 4) is 0 Å². The monoisotopic (exact) mass is 602 g/mol. The van der Waals surface area contributed by atoms with Crippen LogP contribution in [0.1, 0.15) is 12.8 Å². The normalized spacial score (nSPS) is 25.6. The van der Waals surface area contributed by atoms with Crippen LogP contribution in [0.4, 0.5) is 0 Å². The maximum absolute atomic E-state index is 13.0. The average Bonchev–Trinajstić information content (AvgIpc) is 3.23. The standard InChI is InChI=1S/C22H16Cl2N2O10S2/c23-11-1-5-13(6-2-11)37(31,32)35-25-19(27)15-9-17-18(10-16(15)20(25)28)22(30)26(21(17)29)36-38(33,34)14-7-3-12(24)4-8-14/h1-8,15-18H,9-10H2. The van der Waals surface area contributed by atoms with E-state index in [-0.39, 0.29) is 42.8 Å². The fourth-order valence-corrected chi connectivity index (χ4v) is 6.80. The van der Waals surface area contributed by atoms with E-state index in [0.717, 1.165) is 24.3 Å². The molecule has 0 radical (unpaired) electrons. The third kappa shape index (κ3) is 4.50. The highest BCUT2D eigenvalue weighted by Crippen LogP contribution is 2.48. The Morgan fingerprint density at radius 2 is 0.816 bits per heavy atom. The van der Waals surface area contributed by atoms with Crippen LogP contribution in [0.25, 0.3) is 0 Å². The fraction of sp³-hybridized carbons (Fsp3) is 0.273. The van der Waals surface area contributed by atoms with E-state index in [4.69, 9.17) is 31.8 Å². The number of amides is 4. The Morgan fingerprint density at radius 1 is 0.553 bits per heavy atom. The van der Waals surface area contributed by atoms with Gasteiger partial charge in [0.25, 0.3) is 23.6 Å². The summed E-state index contributed by atoms with van der Waals surface area (Å²) in [6.45, 7) is 0. The Balaban J connectivity index is 1.34. The van der Waals surface area contributed by atoms with Gasteiger partial charge in [0.1, 0.15) is 0 Å². The van der Waals surface area contributed by atoms with E-state index in [2.05, 4.69) is 0 Å². The maximum atomic E-state index is 13.0. The Bertz CT molecular complexity index is 1420. The molecule has 0 N–H and O–H groups in total. The number of halogens is 2. The molecule has 1 aliphatic carbocycles. The molecule has 4 amide bonds. The van der Waals surface area contributed by atoms with E-state index in [0.29, 0.717) is 0 Å². The number of nitrogens with zero attached hydrogens (tertiary/aromatic N) is 2. The zero-order valence-corrected chi connectivity index (χ0v) is 22.0. The molecule has 3 fully saturated rings. The van der Waals surface area contributed by atoms with Gasteiger partial charge in [0.05, 0.1) is 33.5 Å². The van der Waals surface area contributed by atoms with Crippen molar-refractivity contribution >= 4 is 67.1 Å². The van der Waals surface area contributed by atoms with Gasteiger partial charge in [-0.2, -0.15) is 16.8 Å². The van der Waals surface area contributed by atoms with E-state index >= 15 is 0 Å². The van der Waals surface area contributed by atoms with Crippen LogP contribution in [0, 0.1) is 23.7 Å². The highest BCUT2D eigenvalue weighted by molar-refractivity contribution is 7.87. The van der Waals surface area contributed by atoms with Gasteiger partial charge < -0.3 is 0 Å². The molecular weight excluding hydrogens is 587 g/mol. The Kier molecular flexibility index (Phi) is 6.60. The van der Waals surface area contributed by atoms with Gasteiger partial charge in [-0.05, 0) is 61.4 Å². The Morgan fingerprint density at radius 3 is 1.08 bits per heavy atom. The SMILES string of the molecule is O=C1C2CC3C(=O)N(OS(=O)(=O)c4ccc(Cl)cc4)C(=O)C3CC2C(=O)N1OS(=O)(=O)c1ccc(Cl)cc1. The van der Waals surface area contributed by atoms with Gasteiger partial charge in [0.2, 0.25) is 0 Å². The van der Waals surface area contributed by atoms with Crippen LogP contribution in [0.15, 0.2) is 58.3 Å².